The molecule has 0 aromatic heterocycles. The molecule has 1 atom stereocenters. The van der Waals surface area contributed by atoms with Crippen LogP contribution in [0, 0.1) is 5.92 Å². The highest BCUT2D eigenvalue weighted by Gasteiger charge is 2.18. The summed E-state index contributed by atoms with van der Waals surface area (Å²) in [5.41, 5.74) is -0.108. The van der Waals surface area contributed by atoms with E-state index in [0.29, 0.717) is 6.54 Å². The number of aliphatic hydroxyl groups is 1. The third-order valence-corrected chi connectivity index (χ3v) is 1.45. The molecule has 0 saturated heterocycles. The molecule has 0 aromatic carbocycles. The van der Waals surface area contributed by atoms with Gasteiger partial charge in [0.2, 0.25) is 0 Å². The fraction of sp³-hybridized carbons (Fsp3) is 0.875. The van der Waals surface area contributed by atoms with Crippen molar-refractivity contribution >= 4 is 5.97 Å². The molecular formula is C8H17NO3. The zero-order valence-electron chi connectivity index (χ0n) is 7.79. The van der Waals surface area contributed by atoms with Crippen molar-refractivity contribution < 1.29 is 15.0 Å². The van der Waals surface area contributed by atoms with Gasteiger partial charge in [0.15, 0.2) is 0 Å². The molecule has 0 fully saturated rings. The first-order valence-corrected chi connectivity index (χ1v) is 3.95. The predicted octanol–water partition coefficient (Wildman–Crippen LogP) is 0.0676. The monoisotopic (exact) mass is 175 g/mol. The van der Waals surface area contributed by atoms with Gasteiger partial charge >= 0.3 is 5.97 Å². The highest BCUT2D eigenvalue weighted by molar-refractivity contribution is 5.70. The number of carbonyl (C=O) groups is 1. The van der Waals surface area contributed by atoms with Crippen LogP contribution in [-0.2, 0) is 4.79 Å². The molecule has 1 unspecified atom stereocenters. The average Bonchev–Trinajstić information content (AvgIpc) is 1.85. The molecule has 0 bridgehead atoms. The lowest BCUT2D eigenvalue weighted by atomic mass is 10.1. The Morgan fingerprint density at radius 2 is 2.00 bits per heavy atom. The smallest absolute Gasteiger partial charge is 0.310 e. The number of aliphatic hydroxyl groups excluding tert-OH is 1. The Labute approximate surface area is 72.6 Å². The zero-order chi connectivity index (χ0) is 9.78. The fourth-order valence-corrected chi connectivity index (χ4v) is 0.659. The van der Waals surface area contributed by atoms with Crippen LogP contribution in [0.4, 0.5) is 0 Å². The van der Waals surface area contributed by atoms with Gasteiger partial charge < -0.3 is 15.5 Å². The van der Waals surface area contributed by atoms with Crippen LogP contribution in [0.2, 0.25) is 0 Å². The highest BCUT2D eigenvalue weighted by atomic mass is 16.4. The summed E-state index contributed by atoms with van der Waals surface area (Å²) in [5, 5.41) is 20.3. The Bertz CT molecular complexity index is 151. The summed E-state index contributed by atoms with van der Waals surface area (Å²) >= 11 is 0. The van der Waals surface area contributed by atoms with E-state index in [1.807, 2.05) is 20.8 Å². The van der Waals surface area contributed by atoms with Gasteiger partial charge in [-0.15, -0.1) is 0 Å². The van der Waals surface area contributed by atoms with Gasteiger partial charge in [0.05, 0.1) is 12.5 Å². The molecule has 0 heterocycles. The zero-order valence-corrected chi connectivity index (χ0v) is 7.79. The summed E-state index contributed by atoms with van der Waals surface area (Å²) in [5.74, 6) is -1.67. The van der Waals surface area contributed by atoms with Gasteiger partial charge in [-0.3, -0.25) is 4.79 Å². The molecule has 0 saturated carbocycles. The van der Waals surface area contributed by atoms with E-state index in [1.165, 1.54) is 0 Å². The number of nitrogens with one attached hydrogen (secondary N) is 1. The number of carboxylic acid groups (broad SMARTS) is 1. The van der Waals surface area contributed by atoms with E-state index in [1.54, 1.807) is 0 Å². The largest absolute Gasteiger partial charge is 0.481 e. The van der Waals surface area contributed by atoms with E-state index in [9.17, 15) is 4.79 Å². The van der Waals surface area contributed by atoms with Crippen molar-refractivity contribution in [2.24, 2.45) is 5.92 Å². The van der Waals surface area contributed by atoms with E-state index in [2.05, 4.69) is 5.32 Å². The summed E-state index contributed by atoms with van der Waals surface area (Å²) in [6.45, 7) is 5.82. The Balaban J connectivity index is 3.81. The minimum atomic E-state index is -0.964. The van der Waals surface area contributed by atoms with Crippen molar-refractivity contribution in [2.45, 2.75) is 26.3 Å². The van der Waals surface area contributed by atoms with Gasteiger partial charge in [0, 0.05) is 12.1 Å². The van der Waals surface area contributed by atoms with Gasteiger partial charge in [0.25, 0.3) is 0 Å². The van der Waals surface area contributed by atoms with Crippen molar-refractivity contribution in [3.05, 3.63) is 0 Å². The molecule has 4 nitrogen and oxygen atoms in total. The molecule has 0 aliphatic rings. The van der Waals surface area contributed by atoms with E-state index < -0.39 is 11.9 Å². The topological polar surface area (TPSA) is 69.6 Å². The molecule has 3 N–H and O–H groups in total. The second-order valence-corrected chi connectivity index (χ2v) is 3.85. The van der Waals surface area contributed by atoms with Crippen LogP contribution >= 0.6 is 0 Å². The van der Waals surface area contributed by atoms with Crippen molar-refractivity contribution in [2.75, 3.05) is 13.2 Å². The number of rotatable bonds is 4. The van der Waals surface area contributed by atoms with E-state index in [4.69, 9.17) is 10.2 Å². The second kappa shape index (κ2) is 4.42. The normalized spacial score (nSPS) is 14.3. The van der Waals surface area contributed by atoms with Crippen molar-refractivity contribution in [1.29, 1.82) is 0 Å². The van der Waals surface area contributed by atoms with Crippen LogP contribution in [0.25, 0.3) is 0 Å². The molecule has 4 heteroatoms. The average molecular weight is 175 g/mol. The van der Waals surface area contributed by atoms with Gasteiger partial charge in [0.1, 0.15) is 0 Å². The maximum Gasteiger partial charge on any atom is 0.310 e. The quantitative estimate of drug-likeness (QED) is 0.565. The first-order chi connectivity index (χ1) is 5.37. The Hall–Kier alpha value is -0.610. The molecule has 72 valence electrons. The summed E-state index contributed by atoms with van der Waals surface area (Å²) in [6.07, 6.45) is 0. The maximum absolute atomic E-state index is 10.4. The number of hydrogen-bond donors (Lipinski definition) is 3. The molecule has 0 aliphatic carbocycles. The van der Waals surface area contributed by atoms with Crippen LogP contribution < -0.4 is 5.32 Å². The Morgan fingerprint density at radius 1 is 1.50 bits per heavy atom. The lowest BCUT2D eigenvalue weighted by Crippen LogP contribution is -2.41. The van der Waals surface area contributed by atoms with Crippen LogP contribution in [-0.4, -0.2) is 34.9 Å². The molecule has 12 heavy (non-hydrogen) atoms. The van der Waals surface area contributed by atoms with Gasteiger partial charge in [-0.2, -0.15) is 0 Å². The van der Waals surface area contributed by atoms with Crippen LogP contribution in [0.15, 0.2) is 0 Å². The van der Waals surface area contributed by atoms with Gasteiger partial charge in [-0.05, 0) is 20.8 Å². The van der Waals surface area contributed by atoms with Gasteiger partial charge in [-0.1, -0.05) is 0 Å². The van der Waals surface area contributed by atoms with Crippen LogP contribution in [0.1, 0.15) is 20.8 Å². The van der Waals surface area contributed by atoms with Crippen molar-refractivity contribution in [3.63, 3.8) is 0 Å². The first kappa shape index (κ1) is 11.4. The van der Waals surface area contributed by atoms with Crippen LogP contribution in [0.3, 0.4) is 0 Å². The van der Waals surface area contributed by atoms with E-state index >= 15 is 0 Å². The standard InChI is InChI=1S/C8H17NO3/c1-8(2,3)9-4-6(5-10)7(11)12/h6,9-10H,4-5H2,1-3H3,(H,11,12). The molecule has 0 radical (unpaired) electrons. The third-order valence-electron chi connectivity index (χ3n) is 1.45. The second-order valence-electron chi connectivity index (χ2n) is 3.85. The van der Waals surface area contributed by atoms with E-state index in [0.717, 1.165) is 0 Å². The minimum Gasteiger partial charge on any atom is -0.481 e. The highest BCUT2D eigenvalue weighted by Crippen LogP contribution is 2.01. The SMILES string of the molecule is CC(C)(C)NCC(CO)C(=O)O. The minimum absolute atomic E-state index is 0.108. The molecule has 0 rings (SSSR count). The molecule has 0 aliphatic heterocycles. The van der Waals surface area contributed by atoms with Crippen LogP contribution in [0.5, 0.6) is 0 Å². The van der Waals surface area contributed by atoms with Crippen molar-refractivity contribution in [1.82, 2.24) is 5.32 Å². The molecule has 0 spiro atoms. The Morgan fingerprint density at radius 3 is 2.25 bits per heavy atom. The molecule has 0 aromatic rings. The number of hydrogen-bond acceptors (Lipinski definition) is 3. The summed E-state index contributed by atoms with van der Waals surface area (Å²) < 4.78 is 0. The van der Waals surface area contributed by atoms with Crippen molar-refractivity contribution in [3.8, 4) is 0 Å². The molecule has 0 amide bonds. The maximum atomic E-state index is 10.4. The lowest BCUT2D eigenvalue weighted by molar-refractivity contribution is -0.142. The third kappa shape index (κ3) is 5.09. The first-order valence-electron chi connectivity index (χ1n) is 3.95. The number of aliphatic carboxylic acids is 1. The summed E-state index contributed by atoms with van der Waals surface area (Å²) in [6, 6.07) is 0. The summed E-state index contributed by atoms with van der Waals surface area (Å²) in [4.78, 5) is 10.4. The summed E-state index contributed by atoms with van der Waals surface area (Å²) in [7, 11) is 0. The Kier molecular flexibility index (Phi) is 4.20. The fourth-order valence-electron chi connectivity index (χ4n) is 0.659. The van der Waals surface area contributed by atoms with Gasteiger partial charge in [-0.25, -0.2) is 0 Å². The van der Waals surface area contributed by atoms with E-state index in [-0.39, 0.29) is 12.1 Å². The predicted molar refractivity (Wildman–Crippen MR) is 46.0 cm³/mol. The number of carboxylic acids is 1. The molecular weight excluding hydrogens is 158 g/mol. The lowest BCUT2D eigenvalue weighted by Gasteiger charge is -2.22.